The van der Waals surface area contributed by atoms with Crippen LogP contribution in [0.25, 0.3) is 22.5 Å². The van der Waals surface area contributed by atoms with Crippen molar-refractivity contribution in [2.24, 2.45) is 0 Å². The van der Waals surface area contributed by atoms with E-state index in [2.05, 4.69) is 4.98 Å². The standard InChI is InChI=1S/C23H20F2N2O4S/c1-3-32(29,30)13-15-4-6-21(31-22-7-5-16(24)12-20(22)25)19(11-15)18-10-14(2)27(28)23-17(18)8-9-26-23/h4-12,28H,3,13H2,1-2H3. The van der Waals surface area contributed by atoms with Gasteiger partial charge in [-0.25, -0.2) is 22.2 Å². The molecule has 0 saturated heterocycles. The zero-order chi connectivity index (χ0) is 23.0. The number of sulfone groups is 1. The van der Waals surface area contributed by atoms with Gasteiger partial charge in [0.1, 0.15) is 11.6 Å². The molecule has 0 atom stereocenters. The number of fused-ring (bicyclic) bond motifs is 1. The Kier molecular flexibility index (Phi) is 5.60. The molecule has 0 saturated carbocycles. The summed E-state index contributed by atoms with van der Waals surface area (Å²) in [7, 11) is -3.30. The molecule has 2 aliphatic rings. The maximum Gasteiger partial charge on any atom is 0.176 e. The van der Waals surface area contributed by atoms with Gasteiger partial charge in [-0.1, -0.05) is 13.0 Å². The van der Waals surface area contributed by atoms with Crippen LogP contribution < -0.4 is 4.74 Å². The quantitative estimate of drug-likeness (QED) is 0.402. The fraction of sp³-hybridized carbons (Fsp3) is 0.174. The van der Waals surface area contributed by atoms with Gasteiger partial charge in [-0.15, -0.1) is 0 Å². The van der Waals surface area contributed by atoms with E-state index in [1.807, 2.05) is 0 Å². The molecule has 9 heteroatoms. The molecule has 4 rings (SSSR count). The van der Waals surface area contributed by atoms with Gasteiger partial charge < -0.3 is 9.94 Å². The lowest BCUT2D eigenvalue weighted by Crippen LogP contribution is -2.07. The van der Waals surface area contributed by atoms with Crippen LogP contribution in [0.1, 0.15) is 18.2 Å². The highest BCUT2D eigenvalue weighted by atomic mass is 32.2. The summed E-state index contributed by atoms with van der Waals surface area (Å²) in [5, 5.41) is 10.3. The molecule has 2 aliphatic heterocycles. The highest BCUT2D eigenvalue weighted by Gasteiger charge is 2.21. The van der Waals surface area contributed by atoms with Crippen molar-refractivity contribution in [1.29, 1.82) is 0 Å². The Labute approximate surface area is 183 Å². The third-order valence-corrected chi connectivity index (χ3v) is 6.78. The molecule has 6 nitrogen and oxygen atoms in total. The Bertz CT molecular complexity index is 1380. The summed E-state index contributed by atoms with van der Waals surface area (Å²) in [6, 6.07) is 11.2. The molecule has 0 amide bonds. The third-order valence-electron chi connectivity index (χ3n) is 5.13. The first kappa shape index (κ1) is 21.8. The van der Waals surface area contributed by atoms with E-state index in [0.29, 0.717) is 33.8 Å². The van der Waals surface area contributed by atoms with Crippen LogP contribution in [0.5, 0.6) is 11.5 Å². The van der Waals surface area contributed by atoms with Gasteiger partial charge in [0, 0.05) is 29.1 Å². The molecule has 2 aromatic carbocycles. The molecule has 0 aromatic heterocycles. The molecule has 166 valence electrons. The number of hydrogen-bond acceptors (Lipinski definition) is 5. The summed E-state index contributed by atoms with van der Waals surface area (Å²) >= 11 is 0. The number of aromatic nitrogens is 2. The van der Waals surface area contributed by atoms with Crippen LogP contribution in [0.3, 0.4) is 0 Å². The molecule has 0 aliphatic carbocycles. The SMILES string of the molecule is CCS(=O)(=O)Cc1ccc(Oc2ccc(F)cc2F)c(-c2cc(C)n(O)c3nccc2-3)c1. The summed E-state index contributed by atoms with van der Waals surface area (Å²) in [5.41, 5.74) is 2.71. The lowest BCUT2D eigenvalue weighted by molar-refractivity contribution is 0.180. The summed E-state index contributed by atoms with van der Waals surface area (Å²) in [5.74, 6) is -1.40. The van der Waals surface area contributed by atoms with Gasteiger partial charge in [-0.3, -0.25) is 0 Å². The van der Waals surface area contributed by atoms with Gasteiger partial charge in [0.25, 0.3) is 0 Å². The minimum Gasteiger partial charge on any atom is -0.454 e. The van der Waals surface area contributed by atoms with Crippen molar-refractivity contribution in [1.82, 2.24) is 9.71 Å². The predicted molar refractivity (Wildman–Crippen MR) is 116 cm³/mol. The number of halogens is 2. The van der Waals surface area contributed by atoms with Crippen LogP contribution in [-0.4, -0.2) is 29.1 Å². The minimum atomic E-state index is -3.30. The Hall–Kier alpha value is -3.46. The highest BCUT2D eigenvalue weighted by Crippen LogP contribution is 2.41. The van der Waals surface area contributed by atoms with Crippen molar-refractivity contribution < 1.29 is 27.1 Å². The number of nitrogens with zero attached hydrogens (tertiary/aromatic N) is 2. The lowest BCUT2D eigenvalue weighted by Gasteiger charge is -2.18. The van der Waals surface area contributed by atoms with Crippen molar-refractivity contribution in [3.8, 4) is 34.0 Å². The number of rotatable bonds is 6. The second-order valence-corrected chi connectivity index (χ2v) is 9.73. The van der Waals surface area contributed by atoms with Gasteiger partial charge in [-0.2, -0.15) is 4.73 Å². The van der Waals surface area contributed by atoms with Gasteiger partial charge in [0.15, 0.2) is 27.2 Å². The van der Waals surface area contributed by atoms with Gasteiger partial charge in [0.2, 0.25) is 0 Å². The fourth-order valence-electron chi connectivity index (χ4n) is 3.44. The first-order chi connectivity index (χ1) is 15.2. The van der Waals surface area contributed by atoms with E-state index < -0.39 is 21.5 Å². The van der Waals surface area contributed by atoms with Gasteiger partial charge >= 0.3 is 0 Å². The Morgan fingerprint density at radius 2 is 1.75 bits per heavy atom. The Balaban J connectivity index is 1.90. The van der Waals surface area contributed by atoms with Crippen LogP contribution in [0.2, 0.25) is 0 Å². The van der Waals surface area contributed by atoms with E-state index in [-0.39, 0.29) is 23.0 Å². The first-order valence-corrected chi connectivity index (χ1v) is 11.6. The highest BCUT2D eigenvalue weighted by molar-refractivity contribution is 7.90. The molecule has 0 bridgehead atoms. The van der Waals surface area contributed by atoms with Crippen molar-refractivity contribution in [3.63, 3.8) is 0 Å². The van der Waals surface area contributed by atoms with E-state index in [1.165, 1.54) is 12.3 Å². The van der Waals surface area contributed by atoms with Crippen molar-refractivity contribution in [2.75, 3.05) is 5.75 Å². The molecule has 2 heterocycles. The number of pyridine rings is 1. The summed E-state index contributed by atoms with van der Waals surface area (Å²) in [4.78, 5) is 4.17. The predicted octanol–water partition coefficient (Wildman–Crippen LogP) is 5.21. The molecule has 1 N–H and O–H groups in total. The zero-order valence-electron chi connectivity index (χ0n) is 17.3. The van der Waals surface area contributed by atoms with Crippen LogP contribution in [-0.2, 0) is 15.6 Å². The molecular weight excluding hydrogens is 438 g/mol. The Morgan fingerprint density at radius 1 is 1.00 bits per heavy atom. The topological polar surface area (TPSA) is 81.4 Å². The maximum absolute atomic E-state index is 14.2. The number of aryl methyl sites for hydroxylation is 1. The normalized spacial score (nSPS) is 11.8. The second-order valence-electron chi connectivity index (χ2n) is 7.38. The second kappa shape index (κ2) is 8.23. The zero-order valence-corrected chi connectivity index (χ0v) is 18.2. The van der Waals surface area contributed by atoms with E-state index in [1.54, 1.807) is 44.2 Å². The summed E-state index contributed by atoms with van der Waals surface area (Å²) < 4.78 is 58.6. The van der Waals surface area contributed by atoms with Gasteiger partial charge in [0.05, 0.1) is 11.4 Å². The molecule has 2 aromatic rings. The van der Waals surface area contributed by atoms with E-state index in [9.17, 15) is 22.4 Å². The average Bonchev–Trinajstić information content (AvgIpc) is 3.24. The van der Waals surface area contributed by atoms with E-state index in [0.717, 1.165) is 16.9 Å². The molecule has 32 heavy (non-hydrogen) atoms. The lowest BCUT2D eigenvalue weighted by atomic mass is 9.97. The van der Waals surface area contributed by atoms with Crippen molar-refractivity contribution in [3.05, 3.63) is 77.6 Å². The summed E-state index contributed by atoms with van der Waals surface area (Å²) in [6.07, 6.45) is 1.53. The Morgan fingerprint density at radius 3 is 2.47 bits per heavy atom. The van der Waals surface area contributed by atoms with E-state index in [4.69, 9.17) is 4.74 Å². The molecule has 0 spiro atoms. The largest absolute Gasteiger partial charge is 0.454 e. The maximum atomic E-state index is 14.2. The minimum absolute atomic E-state index is 0.00660. The van der Waals surface area contributed by atoms with Crippen LogP contribution in [0, 0.1) is 18.6 Å². The first-order valence-electron chi connectivity index (χ1n) is 9.81. The number of ether oxygens (including phenoxy) is 1. The molecule has 0 fully saturated rings. The number of hydrogen-bond donors (Lipinski definition) is 1. The van der Waals surface area contributed by atoms with E-state index >= 15 is 0 Å². The monoisotopic (exact) mass is 458 g/mol. The molecule has 0 radical (unpaired) electrons. The van der Waals surface area contributed by atoms with Crippen molar-refractivity contribution in [2.45, 2.75) is 19.6 Å². The van der Waals surface area contributed by atoms with Crippen LogP contribution >= 0.6 is 0 Å². The van der Waals surface area contributed by atoms with Gasteiger partial charge in [-0.05, 0) is 54.4 Å². The summed E-state index contributed by atoms with van der Waals surface area (Å²) in [6.45, 7) is 3.26. The molecule has 0 unspecified atom stereocenters. The average molecular weight is 458 g/mol. The number of benzene rings is 2. The molecular formula is C23H20F2N2O4S. The smallest absolute Gasteiger partial charge is 0.176 e. The fourth-order valence-corrected chi connectivity index (χ4v) is 4.33. The van der Waals surface area contributed by atoms with Crippen LogP contribution in [0.15, 0.2) is 54.7 Å². The van der Waals surface area contributed by atoms with Crippen LogP contribution in [0.4, 0.5) is 8.78 Å². The third kappa shape index (κ3) is 4.16. The van der Waals surface area contributed by atoms with Crippen molar-refractivity contribution >= 4 is 9.84 Å².